The largest absolute Gasteiger partial charge is 0.418 e. The number of alkyl halides is 3. The molecule has 1 atom stereocenters. The third kappa shape index (κ3) is 3.77. The molecule has 0 fully saturated rings. The average Bonchev–Trinajstić information content (AvgIpc) is 2.59. The second kappa shape index (κ2) is 7.28. The number of aryl methyl sites for hydroxylation is 1. The molecule has 2 N–H and O–H groups in total. The molecule has 6 nitrogen and oxygen atoms in total. The van der Waals surface area contributed by atoms with Gasteiger partial charge in [0.1, 0.15) is 0 Å². The normalized spacial score (nSPS) is 12.7. The molecular weight excluding hydrogens is 349 g/mol. The van der Waals surface area contributed by atoms with E-state index in [4.69, 9.17) is 5.73 Å². The molecule has 0 aliphatic heterocycles. The van der Waals surface area contributed by atoms with Gasteiger partial charge in [-0.05, 0) is 26.0 Å². The first kappa shape index (κ1) is 19.6. The zero-order valence-corrected chi connectivity index (χ0v) is 14.5. The number of nitrogens with two attached hydrogens (primary N) is 1. The number of nitrogens with zero attached hydrogens (tertiary/aromatic N) is 3. The van der Waals surface area contributed by atoms with Crippen LogP contribution >= 0.6 is 0 Å². The summed E-state index contributed by atoms with van der Waals surface area (Å²) in [6.45, 7) is 3.30. The Balaban J connectivity index is 2.64. The molecule has 26 heavy (non-hydrogen) atoms. The first-order chi connectivity index (χ1) is 12.1. The van der Waals surface area contributed by atoms with Crippen LogP contribution in [-0.2, 0) is 6.18 Å². The number of hydrogen-bond acceptors (Lipinski definition) is 4. The molecule has 1 unspecified atom stereocenters. The van der Waals surface area contributed by atoms with Crippen molar-refractivity contribution >= 4 is 5.91 Å². The minimum atomic E-state index is -4.61. The lowest BCUT2D eigenvalue weighted by molar-refractivity contribution is -0.137. The smallest absolute Gasteiger partial charge is 0.336 e. The van der Waals surface area contributed by atoms with Gasteiger partial charge in [-0.25, -0.2) is 4.68 Å². The summed E-state index contributed by atoms with van der Waals surface area (Å²) in [6, 6.07) is 5.56. The SMILES string of the molecule is Cc1cc(=O)c(C(=O)N(C)C(C)CN)nn1-c1ccccc1C(F)(F)F. The molecule has 140 valence electrons. The average molecular weight is 368 g/mol. The molecule has 9 heteroatoms. The number of amides is 1. The van der Waals surface area contributed by atoms with Crippen LogP contribution < -0.4 is 11.2 Å². The Labute approximate surface area is 148 Å². The number of likely N-dealkylation sites (N-methyl/N-ethyl adjacent to an activating group) is 1. The van der Waals surface area contributed by atoms with Crippen molar-refractivity contribution in [2.24, 2.45) is 5.73 Å². The minimum Gasteiger partial charge on any atom is -0.336 e. The Hall–Kier alpha value is -2.68. The van der Waals surface area contributed by atoms with Crippen molar-refractivity contribution in [3.63, 3.8) is 0 Å². The highest BCUT2D eigenvalue weighted by Gasteiger charge is 2.34. The predicted octanol–water partition coefficient (Wildman–Crippen LogP) is 1.98. The summed E-state index contributed by atoms with van der Waals surface area (Å²) in [5.41, 5.74) is 3.39. The van der Waals surface area contributed by atoms with Gasteiger partial charge in [-0.15, -0.1) is 0 Å². The van der Waals surface area contributed by atoms with Gasteiger partial charge in [-0.1, -0.05) is 12.1 Å². The molecule has 0 bridgehead atoms. The van der Waals surface area contributed by atoms with E-state index in [0.29, 0.717) is 0 Å². The van der Waals surface area contributed by atoms with Gasteiger partial charge in [0.2, 0.25) is 5.43 Å². The third-order valence-electron chi connectivity index (χ3n) is 4.07. The molecule has 0 saturated heterocycles. The molecule has 0 aliphatic rings. The van der Waals surface area contributed by atoms with Crippen molar-refractivity contribution in [3.05, 3.63) is 57.5 Å². The van der Waals surface area contributed by atoms with E-state index in [0.717, 1.165) is 16.8 Å². The fraction of sp³-hybridized carbons (Fsp3) is 0.353. The third-order valence-corrected chi connectivity index (χ3v) is 4.07. The number of carbonyl (C=O) groups is 1. The molecule has 1 heterocycles. The van der Waals surface area contributed by atoms with Crippen LogP contribution in [0.5, 0.6) is 0 Å². The summed E-state index contributed by atoms with van der Waals surface area (Å²) < 4.78 is 40.8. The van der Waals surface area contributed by atoms with E-state index < -0.39 is 28.8 Å². The van der Waals surface area contributed by atoms with Crippen molar-refractivity contribution in [1.29, 1.82) is 0 Å². The lowest BCUT2D eigenvalue weighted by Crippen LogP contribution is -2.42. The molecule has 1 aromatic carbocycles. The Morgan fingerprint density at radius 1 is 1.35 bits per heavy atom. The van der Waals surface area contributed by atoms with Crippen LogP contribution in [0.1, 0.15) is 28.7 Å². The number of halogens is 3. The van der Waals surface area contributed by atoms with Crippen LogP contribution in [0.2, 0.25) is 0 Å². The standard InChI is InChI=1S/C17H19F3N4O2/c1-10-8-14(25)15(16(26)23(3)11(2)9-21)22-24(10)13-7-5-4-6-12(13)17(18,19)20/h4-8,11H,9,21H2,1-3H3. The van der Waals surface area contributed by atoms with Gasteiger partial charge in [0.05, 0.1) is 11.3 Å². The Morgan fingerprint density at radius 3 is 2.54 bits per heavy atom. The Bertz CT molecular complexity index is 877. The highest BCUT2D eigenvalue weighted by molar-refractivity contribution is 5.92. The van der Waals surface area contributed by atoms with Gasteiger partial charge in [0, 0.05) is 31.4 Å². The number of aromatic nitrogens is 2. The van der Waals surface area contributed by atoms with Crippen molar-refractivity contribution in [1.82, 2.24) is 14.7 Å². The lowest BCUT2D eigenvalue weighted by atomic mass is 10.1. The minimum absolute atomic E-state index is 0.166. The Kier molecular flexibility index (Phi) is 5.50. The summed E-state index contributed by atoms with van der Waals surface area (Å²) in [5.74, 6) is -0.703. The highest BCUT2D eigenvalue weighted by atomic mass is 19.4. The molecule has 1 aromatic heterocycles. The van der Waals surface area contributed by atoms with Crippen LogP contribution in [0.4, 0.5) is 13.2 Å². The number of carbonyl (C=O) groups excluding carboxylic acids is 1. The second-order valence-electron chi connectivity index (χ2n) is 5.93. The van der Waals surface area contributed by atoms with E-state index in [1.807, 2.05) is 0 Å². The van der Waals surface area contributed by atoms with E-state index >= 15 is 0 Å². The van der Waals surface area contributed by atoms with Crippen LogP contribution in [0, 0.1) is 6.92 Å². The van der Waals surface area contributed by atoms with Crippen molar-refractivity contribution < 1.29 is 18.0 Å². The summed E-state index contributed by atoms with van der Waals surface area (Å²) in [7, 11) is 1.45. The number of benzene rings is 1. The first-order valence-electron chi connectivity index (χ1n) is 7.82. The fourth-order valence-electron chi connectivity index (χ4n) is 2.36. The van der Waals surface area contributed by atoms with E-state index in [1.54, 1.807) is 6.92 Å². The molecule has 0 radical (unpaired) electrons. The summed E-state index contributed by atoms with van der Waals surface area (Å²) >= 11 is 0. The lowest BCUT2D eigenvalue weighted by Gasteiger charge is -2.23. The predicted molar refractivity (Wildman–Crippen MR) is 90.2 cm³/mol. The quantitative estimate of drug-likeness (QED) is 0.895. The van der Waals surface area contributed by atoms with Gasteiger partial charge in [-0.3, -0.25) is 9.59 Å². The van der Waals surface area contributed by atoms with Crippen LogP contribution in [0.25, 0.3) is 5.69 Å². The van der Waals surface area contributed by atoms with Gasteiger partial charge in [-0.2, -0.15) is 18.3 Å². The Morgan fingerprint density at radius 2 is 1.96 bits per heavy atom. The molecule has 1 amide bonds. The van der Waals surface area contributed by atoms with E-state index in [1.165, 1.54) is 37.1 Å². The first-order valence-corrected chi connectivity index (χ1v) is 7.82. The van der Waals surface area contributed by atoms with Gasteiger partial charge < -0.3 is 10.6 Å². The zero-order chi connectivity index (χ0) is 19.6. The maximum absolute atomic E-state index is 13.3. The van der Waals surface area contributed by atoms with Crippen LogP contribution in [0.15, 0.2) is 35.1 Å². The van der Waals surface area contributed by atoms with Gasteiger partial charge in [0.15, 0.2) is 5.69 Å². The fourth-order valence-corrected chi connectivity index (χ4v) is 2.36. The van der Waals surface area contributed by atoms with E-state index in [9.17, 15) is 22.8 Å². The number of rotatable bonds is 4. The molecule has 0 aliphatic carbocycles. The number of para-hydroxylation sites is 1. The maximum Gasteiger partial charge on any atom is 0.418 e. The van der Waals surface area contributed by atoms with Crippen molar-refractivity contribution in [2.75, 3.05) is 13.6 Å². The molecular formula is C17H19F3N4O2. The molecule has 2 rings (SSSR count). The number of hydrogen-bond donors (Lipinski definition) is 1. The zero-order valence-electron chi connectivity index (χ0n) is 14.5. The second-order valence-corrected chi connectivity index (χ2v) is 5.93. The topological polar surface area (TPSA) is 81.2 Å². The highest BCUT2D eigenvalue weighted by Crippen LogP contribution is 2.33. The van der Waals surface area contributed by atoms with E-state index in [2.05, 4.69) is 5.10 Å². The van der Waals surface area contributed by atoms with Crippen LogP contribution in [-0.4, -0.2) is 40.2 Å². The van der Waals surface area contributed by atoms with Crippen LogP contribution in [0.3, 0.4) is 0 Å². The van der Waals surface area contributed by atoms with Crippen molar-refractivity contribution in [3.8, 4) is 5.69 Å². The maximum atomic E-state index is 13.3. The van der Waals surface area contributed by atoms with E-state index in [-0.39, 0.29) is 24.0 Å². The van der Waals surface area contributed by atoms with Crippen molar-refractivity contribution in [2.45, 2.75) is 26.1 Å². The monoisotopic (exact) mass is 368 g/mol. The van der Waals surface area contributed by atoms with Gasteiger partial charge >= 0.3 is 6.18 Å². The summed E-state index contributed by atoms with van der Waals surface area (Å²) in [5, 5.41) is 3.93. The van der Waals surface area contributed by atoms with Gasteiger partial charge in [0.25, 0.3) is 5.91 Å². The molecule has 0 saturated carbocycles. The molecule has 0 spiro atoms. The summed E-state index contributed by atoms with van der Waals surface area (Å²) in [4.78, 5) is 25.9. The summed E-state index contributed by atoms with van der Waals surface area (Å²) in [6.07, 6.45) is -4.61. The molecule has 2 aromatic rings.